The molecule has 2 heterocycles. The molecule has 10 nitrogen and oxygen atoms in total. The van der Waals surface area contributed by atoms with Gasteiger partial charge in [0, 0.05) is 0 Å². The number of amides is 6. The summed E-state index contributed by atoms with van der Waals surface area (Å²) in [6.45, 7) is 0. The van der Waals surface area contributed by atoms with E-state index in [0.29, 0.717) is 0 Å². The van der Waals surface area contributed by atoms with Crippen LogP contribution in [0.4, 0.5) is 0 Å². The van der Waals surface area contributed by atoms with Crippen molar-refractivity contribution >= 4 is 35.4 Å². The molecule has 0 bridgehead atoms. The molecule has 2 aromatic rings. The van der Waals surface area contributed by atoms with Crippen LogP contribution in [0.3, 0.4) is 0 Å². The van der Waals surface area contributed by atoms with Gasteiger partial charge in [0.15, 0.2) is 0 Å². The smallest absolute Gasteiger partial charge is 0.350 e. The summed E-state index contributed by atoms with van der Waals surface area (Å²) in [5, 5.41) is 0.635. The number of hydrazine groups is 2. The third kappa shape index (κ3) is 2.14. The number of hydrogen-bond donors (Lipinski definition) is 1. The fourth-order valence-corrected chi connectivity index (χ4v) is 3.07. The van der Waals surface area contributed by atoms with Crippen LogP contribution >= 0.6 is 0 Å². The number of nitrogens with two attached hydrogens (primary N) is 1. The number of nitrogens with zero attached hydrogens (tertiary/aromatic N) is 3. The lowest BCUT2D eigenvalue weighted by molar-refractivity contribution is -0.166. The minimum Gasteiger partial charge on any atom is -0.361 e. The Balaban J connectivity index is 1.86. The first kappa shape index (κ1) is 17.1. The third-order valence-corrected chi connectivity index (χ3v) is 4.32. The summed E-state index contributed by atoms with van der Waals surface area (Å²) in [5.74, 6) is -7.07. The van der Waals surface area contributed by atoms with Crippen LogP contribution in [0.2, 0.25) is 0 Å². The molecule has 0 saturated carbocycles. The minimum atomic E-state index is -1.59. The third-order valence-electron chi connectivity index (χ3n) is 4.32. The van der Waals surface area contributed by atoms with Crippen molar-refractivity contribution in [3.8, 4) is 0 Å². The molecule has 0 fully saturated rings. The predicted molar refractivity (Wildman–Crippen MR) is 89.9 cm³/mol. The van der Waals surface area contributed by atoms with Crippen LogP contribution in [-0.4, -0.2) is 50.6 Å². The summed E-state index contributed by atoms with van der Waals surface area (Å²) in [6, 6.07) is 11.3. The molecule has 6 amide bonds. The fourth-order valence-electron chi connectivity index (χ4n) is 3.07. The van der Waals surface area contributed by atoms with Crippen molar-refractivity contribution in [2.45, 2.75) is 0 Å². The van der Waals surface area contributed by atoms with E-state index in [0.717, 1.165) is 0 Å². The highest BCUT2D eigenvalue weighted by Crippen LogP contribution is 2.30. The zero-order chi connectivity index (χ0) is 20.2. The van der Waals surface area contributed by atoms with Crippen LogP contribution in [-0.2, 0) is 9.59 Å². The number of primary amides is 1. The van der Waals surface area contributed by atoms with Crippen molar-refractivity contribution in [1.82, 2.24) is 15.1 Å². The number of imide groups is 2. The Labute approximate surface area is 156 Å². The van der Waals surface area contributed by atoms with Crippen LogP contribution in [0.15, 0.2) is 48.5 Å². The highest BCUT2D eigenvalue weighted by Gasteiger charge is 2.51. The molecule has 0 radical (unpaired) electrons. The summed E-state index contributed by atoms with van der Waals surface area (Å²) in [7, 11) is 0. The molecule has 0 aliphatic carbocycles. The fraction of sp³-hybridized carbons (Fsp3) is 0. The summed E-state index contributed by atoms with van der Waals surface area (Å²) in [4.78, 5) is 74.9. The molecule has 2 aliphatic heterocycles. The van der Waals surface area contributed by atoms with Crippen LogP contribution in [0.5, 0.6) is 0 Å². The zero-order valence-corrected chi connectivity index (χ0v) is 14.0. The number of carbonyl (C=O) groups is 6. The van der Waals surface area contributed by atoms with Crippen molar-refractivity contribution in [3.05, 3.63) is 70.8 Å². The van der Waals surface area contributed by atoms with E-state index in [1.807, 2.05) is 0 Å². The quantitative estimate of drug-likeness (QED) is 0.563. The molecule has 2 N–H and O–H groups in total. The lowest BCUT2D eigenvalue weighted by Crippen LogP contribution is -2.62. The second-order valence-electron chi connectivity index (χ2n) is 5.89. The molecule has 0 unspecified atom stereocenters. The van der Waals surface area contributed by atoms with Crippen LogP contribution in [0, 0.1) is 0 Å². The molecule has 138 valence electrons. The van der Waals surface area contributed by atoms with Gasteiger partial charge in [-0.1, -0.05) is 24.3 Å². The average Bonchev–Trinajstić information content (AvgIpc) is 3.09. The molecular weight excluding hydrogens is 368 g/mol. The highest BCUT2D eigenvalue weighted by molar-refractivity contribution is 6.37. The van der Waals surface area contributed by atoms with Crippen molar-refractivity contribution in [3.63, 3.8) is 0 Å². The second kappa shape index (κ2) is 5.84. The van der Waals surface area contributed by atoms with Crippen LogP contribution in [0.1, 0.15) is 41.4 Å². The van der Waals surface area contributed by atoms with Gasteiger partial charge in [-0.15, -0.1) is 5.12 Å². The van der Waals surface area contributed by atoms with E-state index in [4.69, 9.17) is 5.73 Å². The van der Waals surface area contributed by atoms with Gasteiger partial charge in [0.25, 0.3) is 23.6 Å². The predicted octanol–water partition coefficient (Wildman–Crippen LogP) is -0.277. The normalized spacial score (nSPS) is 15.0. The Bertz CT molecular complexity index is 979. The number of rotatable bonds is 2. The van der Waals surface area contributed by atoms with Gasteiger partial charge in [-0.2, -0.15) is 10.0 Å². The van der Waals surface area contributed by atoms with E-state index in [1.165, 1.54) is 48.5 Å². The lowest BCUT2D eigenvalue weighted by atomic mass is 10.1. The molecule has 2 aromatic carbocycles. The van der Waals surface area contributed by atoms with Gasteiger partial charge in [-0.25, -0.2) is 0 Å². The van der Waals surface area contributed by atoms with Gasteiger partial charge in [-0.05, 0) is 24.3 Å². The van der Waals surface area contributed by atoms with Crippen LogP contribution < -0.4 is 5.73 Å². The van der Waals surface area contributed by atoms with E-state index in [-0.39, 0.29) is 37.4 Å². The summed E-state index contributed by atoms with van der Waals surface area (Å²) in [6.07, 6.45) is 0. The number of carbonyl (C=O) groups excluding carboxylic acids is 6. The number of fused-ring (bicyclic) bond motifs is 2. The average molecular weight is 378 g/mol. The Morgan fingerprint density at radius 1 is 0.643 bits per heavy atom. The van der Waals surface area contributed by atoms with Crippen molar-refractivity contribution in [1.29, 1.82) is 0 Å². The van der Waals surface area contributed by atoms with Crippen molar-refractivity contribution in [2.75, 3.05) is 0 Å². The van der Waals surface area contributed by atoms with E-state index < -0.39 is 35.4 Å². The largest absolute Gasteiger partial charge is 0.361 e. The molecule has 10 heteroatoms. The van der Waals surface area contributed by atoms with Gasteiger partial charge in [0.05, 0.1) is 22.3 Å². The van der Waals surface area contributed by atoms with E-state index >= 15 is 0 Å². The Kier molecular flexibility index (Phi) is 3.57. The van der Waals surface area contributed by atoms with Gasteiger partial charge >= 0.3 is 11.8 Å². The highest BCUT2D eigenvalue weighted by atomic mass is 16.3. The molecule has 4 rings (SSSR count). The van der Waals surface area contributed by atoms with E-state index in [9.17, 15) is 28.8 Å². The second-order valence-corrected chi connectivity index (χ2v) is 5.89. The lowest BCUT2D eigenvalue weighted by Gasteiger charge is -2.33. The number of hydrogen-bond acceptors (Lipinski definition) is 6. The first-order chi connectivity index (χ1) is 13.3. The Morgan fingerprint density at radius 2 is 0.929 bits per heavy atom. The van der Waals surface area contributed by atoms with E-state index in [2.05, 4.69) is 0 Å². The first-order valence-electron chi connectivity index (χ1n) is 7.94. The Hall–Kier alpha value is -4.34. The van der Waals surface area contributed by atoms with Crippen molar-refractivity contribution in [2.24, 2.45) is 5.73 Å². The first-order valence-corrected chi connectivity index (χ1v) is 7.94. The minimum absolute atomic E-state index is 0.0496. The molecule has 2 aliphatic rings. The maximum atomic E-state index is 12.7. The monoisotopic (exact) mass is 378 g/mol. The van der Waals surface area contributed by atoms with Crippen LogP contribution in [0.25, 0.3) is 0 Å². The van der Waals surface area contributed by atoms with Crippen molar-refractivity contribution < 1.29 is 28.8 Å². The van der Waals surface area contributed by atoms with Gasteiger partial charge in [0.2, 0.25) is 0 Å². The molecule has 0 aromatic heterocycles. The van der Waals surface area contributed by atoms with Gasteiger partial charge < -0.3 is 5.73 Å². The molecular formula is C18H10N4O6. The molecule has 0 saturated heterocycles. The summed E-state index contributed by atoms with van der Waals surface area (Å²) < 4.78 is 0. The number of benzene rings is 2. The summed E-state index contributed by atoms with van der Waals surface area (Å²) >= 11 is 0. The topological polar surface area (TPSA) is 138 Å². The van der Waals surface area contributed by atoms with Gasteiger partial charge in [0.1, 0.15) is 0 Å². The van der Waals surface area contributed by atoms with E-state index in [1.54, 1.807) is 0 Å². The maximum absolute atomic E-state index is 12.7. The molecule has 0 spiro atoms. The zero-order valence-electron chi connectivity index (χ0n) is 14.0. The summed E-state index contributed by atoms with van der Waals surface area (Å²) in [5.41, 5.74) is 4.84. The SMILES string of the molecule is NC(=O)C(=O)N(N1C(=O)c2ccccc2C1=O)N1C(=O)c2ccccc2C1=O. The maximum Gasteiger partial charge on any atom is 0.350 e. The molecule has 0 atom stereocenters. The Morgan fingerprint density at radius 3 is 1.18 bits per heavy atom. The van der Waals surface area contributed by atoms with Gasteiger partial charge in [-0.3, -0.25) is 28.8 Å². The standard InChI is InChI=1S/C18H10N4O6/c19-13(23)18(28)22(20-14(24)9-5-1-2-6-10(9)15(20)25)21-16(26)11-7-3-4-8-12(11)17(21)27/h1-8H,(H2,19,23). The molecule has 28 heavy (non-hydrogen) atoms.